The van der Waals surface area contributed by atoms with E-state index in [1.807, 2.05) is 49.4 Å². The Labute approximate surface area is 157 Å². The molecule has 1 unspecified atom stereocenters. The van der Waals surface area contributed by atoms with Crippen molar-refractivity contribution >= 4 is 23.3 Å². The van der Waals surface area contributed by atoms with Crippen molar-refractivity contribution in [1.29, 1.82) is 0 Å². The van der Waals surface area contributed by atoms with Crippen molar-refractivity contribution in [2.75, 3.05) is 13.7 Å². The maximum Gasteiger partial charge on any atom is 0.338 e. The summed E-state index contributed by atoms with van der Waals surface area (Å²) in [5.41, 5.74) is 2.22. The third-order valence-corrected chi connectivity index (χ3v) is 5.55. The van der Waals surface area contributed by atoms with Crippen LogP contribution in [0.25, 0.3) is 0 Å². The number of hydrogen-bond acceptors (Lipinski definition) is 4. The fraction of sp³-hybridized carbons (Fsp3) is 0.300. The number of ether oxygens (including phenoxy) is 1. The van der Waals surface area contributed by atoms with Crippen LogP contribution in [0.2, 0.25) is 0 Å². The first-order valence-corrected chi connectivity index (χ1v) is 9.31. The quantitative estimate of drug-likeness (QED) is 0.814. The predicted molar refractivity (Wildman–Crippen MR) is 102 cm³/mol. The molecule has 1 aliphatic rings. The summed E-state index contributed by atoms with van der Waals surface area (Å²) in [4.78, 5) is 28.5. The molecule has 0 saturated carbocycles. The van der Waals surface area contributed by atoms with E-state index in [0.717, 1.165) is 15.3 Å². The fourth-order valence-electron chi connectivity index (χ4n) is 2.91. The number of hydrogen-bond donors (Lipinski definition) is 1. The number of thiophene rings is 1. The molecule has 2 amide bonds. The monoisotopic (exact) mass is 370 g/mol. The van der Waals surface area contributed by atoms with Crippen LogP contribution in [0.5, 0.6) is 0 Å². The van der Waals surface area contributed by atoms with Gasteiger partial charge in [-0.15, -0.1) is 11.3 Å². The summed E-state index contributed by atoms with van der Waals surface area (Å²) in [5, 5.41) is 2.90. The lowest BCUT2D eigenvalue weighted by Gasteiger charge is -2.32. The molecular formula is C20H22N2O3S. The Balaban J connectivity index is 1.78. The number of carbonyl (C=O) groups is 2. The Morgan fingerprint density at radius 2 is 1.92 bits per heavy atom. The molecule has 1 N–H and O–H groups in total. The van der Waals surface area contributed by atoms with E-state index in [1.54, 1.807) is 25.3 Å². The van der Waals surface area contributed by atoms with Crippen LogP contribution in [0.1, 0.15) is 28.3 Å². The average Bonchev–Trinajstić information content (AvgIpc) is 3.06. The molecule has 1 aromatic heterocycles. The second kappa shape index (κ2) is 7.74. The summed E-state index contributed by atoms with van der Waals surface area (Å²) in [6, 6.07) is 13.1. The van der Waals surface area contributed by atoms with E-state index in [0.29, 0.717) is 24.3 Å². The van der Waals surface area contributed by atoms with Crippen LogP contribution < -0.4 is 5.32 Å². The van der Waals surface area contributed by atoms with Gasteiger partial charge in [-0.1, -0.05) is 30.3 Å². The maximum absolute atomic E-state index is 12.8. The van der Waals surface area contributed by atoms with Gasteiger partial charge in [0.2, 0.25) is 0 Å². The average molecular weight is 370 g/mol. The Morgan fingerprint density at radius 1 is 1.19 bits per heavy atom. The number of nitrogens with one attached hydrogen (secondary N) is 1. The van der Waals surface area contributed by atoms with Crippen LogP contribution in [0, 0.1) is 6.92 Å². The summed E-state index contributed by atoms with van der Waals surface area (Å²) in [6.07, 6.45) is 0.657. The van der Waals surface area contributed by atoms with Gasteiger partial charge in [0.1, 0.15) is 0 Å². The Hall–Kier alpha value is -2.60. The first kappa shape index (κ1) is 18.2. The van der Waals surface area contributed by atoms with E-state index in [-0.39, 0.29) is 12.0 Å². The summed E-state index contributed by atoms with van der Waals surface area (Å²) in [7, 11) is 1.65. The molecule has 2 heterocycles. The molecule has 0 aliphatic carbocycles. The minimum atomic E-state index is -0.471. The van der Waals surface area contributed by atoms with Crippen molar-refractivity contribution in [3.8, 4) is 0 Å². The second-order valence-electron chi connectivity index (χ2n) is 6.26. The summed E-state index contributed by atoms with van der Waals surface area (Å²) in [6.45, 7) is 4.08. The zero-order valence-electron chi connectivity index (χ0n) is 15.1. The van der Waals surface area contributed by atoms with E-state index in [2.05, 4.69) is 5.32 Å². The summed E-state index contributed by atoms with van der Waals surface area (Å²) >= 11 is 1.57. The van der Waals surface area contributed by atoms with Crippen LogP contribution in [-0.4, -0.2) is 30.6 Å². The normalized spacial score (nSPS) is 17.3. The highest BCUT2D eigenvalue weighted by atomic mass is 32.1. The van der Waals surface area contributed by atoms with Gasteiger partial charge in [-0.25, -0.2) is 9.59 Å². The molecule has 136 valence electrons. The highest BCUT2D eigenvalue weighted by molar-refractivity contribution is 7.12. The van der Waals surface area contributed by atoms with Gasteiger partial charge in [-0.3, -0.25) is 0 Å². The third-order valence-electron chi connectivity index (χ3n) is 4.49. The van der Waals surface area contributed by atoms with E-state index in [9.17, 15) is 9.59 Å². The van der Waals surface area contributed by atoms with E-state index < -0.39 is 6.04 Å². The van der Waals surface area contributed by atoms with Gasteiger partial charge in [-0.05, 0) is 31.5 Å². The van der Waals surface area contributed by atoms with E-state index in [1.165, 1.54) is 4.90 Å². The first-order valence-electron chi connectivity index (χ1n) is 8.49. The molecule has 2 aromatic rings. The van der Waals surface area contributed by atoms with Gasteiger partial charge < -0.3 is 15.0 Å². The number of aryl methyl sites for hydroxylation is 1. The SMILES string of the molecule is CC1=C(C(=O)OCCc2ccccc2)C(c2ccc(C)s2)NC(=O)N1C. The van der Waals surface area contributed by atoms with Crippen molar-refractivity contribution < 1.29 is 14.3 Å². The van der Waals surface area contributed by atoms with Gasteiger partial charge in [0.15, 0.2) is 0 Å². The van der Waals surface area contributed by atoms with Crippen LogP contribution in [-0.2, 0) is 16.0 Å². The van der Waals surface area contributed by atoms with Gasteiger partial charge in [0.25, 0.3) is 0 Å². The molecule has 26 heavy (non-hydrogen) atoms. The first-order chi connectivity index (χ1) is 12.5. The number of nitrogens with zero attached hydrogens (tertiary/aromatic N) is 1. The molecule has 0 radical (unpaired) electrons. The number of benzene rings is 1. The highest BCUT2D eigenvalue weighted by Crippen LogP contribution is 2.34. The molecular weight excluding hydrogens is 348 g/mol. The van der Waals surface area contributed by atoms with Gasteiger partial charge in [0.05, 0.1) is 18.2 Å². The predicted octanol–water partition coefficient (Wildman–Crippen LogP) is 3.81. The van der Waals surface area contributed by atoms with Crippen molar-refractivity contribution in [3.63, 3.8) is 0 Å². The largest absolute Gasteiger partial charge is 0.462 e. The Bertz CT molecular complexity index is 842. The Kier molecular flexibility index (Phi) is 5.42. The van der Waals surface area contributed by atoms with Crippen LogP contribution >= 0.6 is 11.3 Å². The van der Waals surface area contributed by atoms with Gasteiger partial charge >= 0.3 is 12.0 Å². The molecule has 6 heteroatoms. The minimum absolute atomic E-state index is 0.223. The molecule has 1 aliphatic heterocycles. The number of carbonyl (C=O) groups excluding carboxylic acids is 2. The molecule has 3 rings (SSSR count). The van der Waals surface area contributed by atoms with Crippen molar-refractivity contribution in [2.24, 2.45) is 0 Å². The molecule has 1 atom stereocenters. The number of rotatable bonds is 5. The van der Waals surface area contributed by atoms with Crippen LogP contribution in [0.3, 0.4) is 0 Å². The smallest absolute Gasteiger partial charge is 0.338 e. The minimum Gasteiger partial charge on any atom is -0.462 e. The standard InChI is InChI=1S/C20H22N2O3S/c1-13-9-10-16(26-13)18-17(14(2)22(3)20(24)21-18)19(23)25-12-11-15-7-5-4-6-8-15/h4-10,18H,11-12H2,1-3H3,(H,21,24). The van der Waals surface area contributed by atoms with Crippen LogP contribution in [0.15, 0.2) is 53.7 Å². The molecule has 0 saturated heterocycles. The number of amides is 2. The number of esters is 1. The molecule has 1 aromatic carbocycles. The lowest BCUT2D eigenvalue weighted by molar-refractivity contribution is -0.139. The van der Waals surface area contributed by atoms with Crippen molar-refractivity contribution in [1.82, 2.24) is 10.2 Å². The van der Waals surface area contributed by atoms with Gasteiger partial charge in [-0.2, -0.15) is 0 Å². The van der Waals surface area contributed by atoms with E-state index >= 15 is 0 Å². The third kappa shape index (κ3) is 3.80. The van der Waals surface area contributed by atoms with Crippen molar-refractivity contribution in [3.05, 3.63) is 69.1 Å². The molecule has 0 bridgehead atoms. The molecule has 5 nitrogen and oxygen atoms in total. The fourth-order valence-corrected chi connectivity index (χ4v) is 3.84. The van der Waals surface area contributed by atoms with Gasteiger partial charge in [0, 0.05) is 28.9 Å². The zero-order valence-corrected chi connectivity index (χ0v) is 15.9. The molecule has 0 spiro atoms. The topological polar surface area (TPSA) is 58.6 Å². The Morgan fingerprint density at radius 3 is 2.58 bits per heavy atom. The lowest BCUT2D eigenvalue weighted by Crippen LogP contribution is -2.46. The van der Waals surface area contributed by atoms with Crippen LogP contribution in [0.4, 0.5) is 4.79 Å². The number of urea groups is 1. The second-order valence-corrected chi connectivity index (χ2v) is 7.58. The highest BCUT2D eigenvalue weighted by Gasteiger charge is 2.35. The lowest BCUT2D eigenvalue weighted by atomic mass is 10.0. The summed E-state index contributed by atoms with van der Waals surface area (Å²) in [5.74, 6) is -0.388. The van der Waals surface area contributed by atoms with Crippen molar-refractivity contribution in [2.45, 2.75) is 26.3 Å². The zero-order chi connectivity index (χ0) is 18.7. The number of allylic oxidation sites excluding steroid dienone is 1. The van der Waals surface area contributed by atoms with E-state index in [4.69, 9.17) is 4.74 Å². The molecule has 0 fully saturated rings. The maximum atomic E-state index is 12.8. The summed E-state index contributed by atoms with van der Waals surface area (Å²) < 4.78 is 5.53.